The molecular formula is C6H5N3O. The van der Waals surface area contributed by atoms with E-state index in [0.29, 0.717) is 5.76 Å². The molecule has 0 aliphatic carbocycles. The lowest BCUT2D eigenvalue weighted by Crippen LogP contribution is -1.82. The number of hydrogen-bond acceptors (Lipinski definition) is 4. The van der Waals surface area contributed by atoms with Crippen LogP contribution in [0, 0.1) is 6.92 Å². The van der Waals surface area contributed by atoms with Gasteiger partial charge in [0.05, 0.1) is 11.9 Å². The first kappa shape index (κ1) is 5.34. The summed E-state index contributed by atoms with van der Waals surface area (Å²) in [5, 5.41) is 11.2. The van der Waals surface area contributed by atoms with Crippen molar-refractivity contribution in [2.24, 2.45) is 0 Å². The molecule has 0 saturated heterocycles. The molecule has 0 radical (unpaired) electrons. The molecule has 0 N–H and O–H groups in total. The summed E-state index contributed by atoms with van der Waals surface area (Å²) < 4.78 is 4.91. The maximum Gasteiger partial charge on any atom is 0.205 e. The predicted molar refractivity (Wildman–Crippen MR) is 33.5 cm³/mol. The molecule has 0 unspecified atom stereocenters. The Morgan fingerprint density at radius 3 is 3.30 bits per heavy atom. The van der Waals surface area contributed by atoms with Crippen LogP contribution < -0.4 is 0 Å². The average Bonchev–Trinajstić information content (AvgIpc) is 2.33. The summed E-state index contributed by atoms with van der Waals surface area (Å²) in [6.45, 7) is 1.84. The first-order valence-corrected chi connectivity index (χ1v) is 2.91. The van der Waals surface area contributed by atoms with Gasteiger partial charge in [-0.3, -0.25) is 0 Å². The molecular weight excluding hydrogens is 130 g/mol. The summed E-state index contributed by atoms with van der Waals surface area (Å²) in [6, 6.07) is 1.83. The van der Waals surface area contributed by atoms with Crippen LogP contribution in [0.4, 0.5) is 0 Å². The minimum absolute atomic E-state index is 0.630. The lowest BCUT2D eigenvalue weighted by atomic mass is 10.3. The van der Waals surface area contributed by atoms with Gasteiger partial charge in [0.25, 0.3) is 0 Å². The minimum atomic E-state index is 0.630. The Morgan fingerprint density at radius 1 is 1.50 bits per heavy atom. The quantitative estimate of drug-likeness (QED) is 0.538. The van der Waals surface area contributed by atoms with Crippen LogP contribution in [0.5, 0.6) is 0 Å². The topological polar surface area (TPSA) is 51.8 Å². The van der Waals surface area contributed by atoms with Crippen molar-refractivity contribution in [1.82, 2.24) is 15.4 Å². The molecule has 2 aliphatic rings. The molecule has 2 heterocycles. The Labute approximate surface area is 57.2 Å². The Morgan fingerprint density at radius 2 is 2.40 bits per heavy atom. The van der Waals surface area contributed by atoms with Gasteiger partial charge in [-0.2, -0.15) is 5.10 Å². The van der Waals surface area contributed by atoms with E-state index in [4.69, 9.17) is 4.52 Å². The minimum Gasteiger partial charge on any atom is -0.353 e. The van der Waals surface area contributed by atoms with Crippen LogP contribution in [0.1, 0.15) is 5.69 Å². The zero-order valence-corrected chi connectivity index (χ0v) is 5.40. The van der Waals surface area contributed by atoms with Crippen LogP contribution in [-0.2, 0) is 0 Å². The van der Waals surface area contributed by atoms with Gasteiger partial charge >= 0.3 is 0 Å². The van der Waals surface area contributed by atoms with E-state index in [-0.39, 0.29) is 0 Å². The van der Waals surface area contributed by atoms with Crippen molar-refractivity contribution >= 4 is 0 Å². The van der Waals surface area contributed by atoms with Gasteiger partial charge in [-0.15, -0.1) is 5.10 Å². The first-order valence-electron chi connectivity index (χ1n) is 2.91. The third-order valence-electron chi connectivity index (χ3n) is 1.23. The zero-order chi connectivity index (χ0) is 6.97. The standard InChI is InChI=1S/C6H5N3O/c1-4-2-5-6(10-9-4)3-7-8-5/h2-3H,1H3. The average molecular weight is 135 g/mol. The molecule has 0 spiro atoms. The van der Waals surface area contributed by atoms with Crippen LogP contribution in [0.25, 0.3) is 11.5 Å². The van der Waals surface area contributed by atoms with Gasteiger partial charge in [0.15, 0.2) is 0 Å². The first-order chi connectivity index (χ1) is 4.86. The van der Waals surface area contributed by atoms with Gasteiger partial charge in [0.1, 0.15) is 5.69 Å². The summed E-state index contributed by atoms with van der Waals surface area (Å²) in [5.41, 5.74) is 1.57. The molecule has 0 fully saturated rings. The van der Waals surface area contributed by atoms with Crippen LogP contribution >= 0.6 is 0 Å². The number of hydrogen-bond donors (Lipinski definition) is 0. The van der Waals surface area contributed by atoms with Crippen LogP contribution in [0.15, 0.2) is 16.8 Å². The third kappa shape index (κ3) is 0.655. The van der Waals surface area contributed by atoms with Crippen molar-refractivity contribution in [2.75, 3.05) is 0 Å². The number of aryl methyl sites for hydroxylation is 1. The van der Waals surface area contributed by atoms with Gasteiger partial charge in [-0.05, 0) is 13.0 Å². The van der Waals surface area contributed by atoms with Crippen LogP contribution in [-0.4, -0.2) is 15.4 Å². The highest BCUT2D eigenvalue weighted by molar-refractivity contribution is 5.50. The van der Waals surface area contributed by atoms with Crippen molar-refractivity contribution in [3.63, 3.8) is 0 Å². The fraction of sp³-hybridized carbons (Fsp3) is 0.167. The molecule has 10 heavy (non-hydrogen) atoms. The molecule has 0 aromatic rings. The Bertz CT molecular complexity index is 317. The van der Waals surface area contributed by atoms with Crippen molar-refractivity contribution in [3.05, 3.63) is 18.0 Å². The molecule has 0 amide bonds. The maximum absolute atomic E-state index is 4.91. The van der Waals surface area contributed by atoms with E-state index in [0.717, 1.165) is 11.4 Å². The van der Waals surface area contributed by atoms with Crippen molar-refractivity contribution < 1.29 is 4.52 Å². The molecule has 4 nitrogen and oxygen atoms in total. The van der Waals surface area contributed by atoms with E-state index >= 15 is 0 Å². The summed E-state index contributed by atoms with van der Waals surface area (Å²) in [5.74, 6) is 0.630. The third-order valence-corrected chi connectivity index (χ3v) is 1.23. The molecule has 0 aromatic heterocycles. The fourth-order valence-electron chi connectivity index (χ4n) is 0.775. The highest BCUT2D eigenvalue weighted by Gasteiger charge is 2.07. The highest BCUT2D eigenvalue weighted by Crippen LogP contribution is 2.16. The van der Waals surface area contributed by atoms with Gasteiger partial charge in [0, 0.05) is 0 Å². The number of nitrogens with zero attached hydrogens (tertiary/aromatic N) is 3. The Kier molecular flexibility index (Phi) is 0.943. The molecule has 0 saturated carbocycles. The van der Waals surface area contributed by atoms with E-state index in [1.165, 1.54) is 0 Å². The molecule has 4 heteroatoms. The molecule has 2 aliphatic heterocycles. The summed E-state index contributed by atoms with van der Waals surface area (Å²) >= 11 is 0. The van der Waals surface area contributed by atoms with Gasteiger partial charge in [0.2, 0.25) is 5.76 Å². The van der Waals surface area contributed by atoms with Crippen molar-refractivity contribution in [2.45, 2.75) is 6.92 Å². The monoisotopic (exact) mass is 135 g/mol. The van der Waals surface area contributed by atoms with E-state index < -0.39 is 0 Å². The largest absolute Gasteiger partial charge is 0.353 e. The van der Waals surface area contributed by atoms with Crippen LogP contribution in [0.3, 0.4) is 0 Å². The Balaban J connectivity index is 2.75. The van der Waals surface area contributed by atoms with Crippen molar-refractivity contribution in [1.29, 1.82) is 0 Å². The van der Waals surface area contributed by atoms with Gasteiger partial charge in [-0.25, -0.2) is 0 Å². The lowest BCUT2D eigenvalue weighted by molar-refractivity contribution is 0.405. The summed E-state index contributed by atoms with van der Waals surface area (Å²) in [4.78, 5) is 0. The number of rotatable bonds is 0. The van der Waals surface area contributed by atoms with E-state index in [2.05, 4.69) is 15.4 Å². The maximum atomic E-state index is 4.91. The number of aromatic nitrogens is 3. The molecule has 0 bridgehead atoms. The lowest BCUT2D eigenvalue weighted by Gasteiger charge is -1.91. The second-order valence-corrected chi connectivity index (χ2v) is 2.06. The van der Waals surface area contributed by atoms with E-state index in [1.54, 1.807) is 6.20 Å². The van der Waals surface area contributed by atoms with E-state index in [9.17, 15) is 0 Å². The summed E-state index contributed by atoms with van der Waals surface area (Å²) in [7, 11) is 0. The SMILES string of the molecule is Cc1cc2nncc-2on1. The second kappa shape index (κ2) is 1.76. The number of fused-ring (bicyclic) bond motifs is 1. The van der Waals surface area contributed by atoms with Gasteiger partial charge in [-0.1, -0.05) is 5.16 Å². The summed E-state index contributed by atoms with van der Waals surface area (Å²) in [6.07, 6.45) is 1.54. The molecule has 2 rings (SSSR count). The second-order valence-electron chi connectivity index (χ2n) is 2.06. The highest BCUT2D eigenvalue weighted by atomic mass is 16.5. The fourth-order valence-corrected chi connectivity index (χ4v) is 0.775. The van der Waals surface area contributed by atoms with E-state index in [1.807, 2.05) is 13.0 Å². The Hall–Kier alpha value is -1.45. The van der Waals surface area contributed by atoms with Crippen molar-refractivity contribution in [3.8, 4) is 11.5 Å². The molecule has 0 atom stereocenters. The normalized spacial score (nSPS) is 10.5. The molecule has 0 aromatic carbocycles. The van der Waals surface area contributed by atoms with Gasteiger partial charge < -0.3 is 4.52 Å². The smallest absolute Gasteiger partial charge is 0.205 e. The molecule has 50 valence electrons. The zero-order valence-electron chi connectivity index (χ0n) is 5.40. The van der Waals surface area contributed by atoms with Crippen LogP contribution in [0.2, 0.25) is 0 Å². The predicted octanol–water partition coefficient (Wildman–Crippen LogP) is 0.878.